The van der Waals surface area contributed by atoms with Gasteiger partial charge < -0.3 is 43.1 Å². The second-order valence-electron chi connectivity index (χ2n) is 31.8. The number of morpholine rings is 1. The van der Waals surface area contributed by atoms with E-state index in [1.807, 2.05) is 42.5 Å². The van der Waals surface area contributed by atoms with Crippen LogP contribution in [-0.4, -0.2) is 254 Å². The van der Waals surface area contributed by atoms with Gasteiger partial charge in [-0.2, -0.15) is 9.03 Å². The van der Waals surface area contributed by atoms with Crippen LogP contribution in [-0.2, 0) is 70.1 Å². The van der Waals surface area contributed by atoms with Crippen LogP contribution in [0.25, 0.3) is 0 Å². The molecule has 4 unspecified atom stereocenters. The van der Waals surface area contributed by atoms with Crippen molar-refractivity contribution in [2.75, 3.05) is 106 Å². The number of carbonyl (C=O) groups is 4. The van der Waals surface area contributed by atoms with Crippen molar-refractivity contribution < 1.29 is 105 Å². The van der Waals surface area contributed by atoms with Crippen molar-refractivity contribution in [1.82, 2.24) is 43.7 Å². The molecule has 0 bridgehead atoms. The van der Waals surface area contributed by atoms with Crippen LogP contribution < -0.4 is 28.4 Å². The van der Waals surface area contributed by atoms with Crippen molar-refractivity contribution in [2.45, 2.75) is 147 Å². The topological polar surface area (TPSA) is 339 Å². The third-order valence-electron chi connectivity index (χ3n) is 21.9. The van der Waals surface area contributed by atoms with Crippen molar-refractivity contribution in [3.05, 3.63) is 234 Å². The van der Waals surface area contributed by atoms with Crippen LogP contribution in [0.4, 0.5) is 13.2 Å². The summed E-state index contributed by atoms with van der Waals surface area (Å²) >= 11 is 11.8. The van der Waals surface area contributed by atoms with E-state index in [0.29, 0.717) is 113 Å². The first-order valence-corrected chi connectivity index (χ1v) is 48.8. The maximum absolute atomic E-state index is 13.9. The zero-order valence-corrected chi connectivity index (χ0v) is 76.8. The third kappa shape index (κ3) is 28.7. The van der Waals surface area contributed by atoms with E-state index >= 15 is 0 Å². The lowest BCUT2D eigenvalue weighted by atomic mass is 10.1. The average molecular weight is 1920 g/mol. The molecule has 4 fully saturated rings. The number of aryl methyl sites for hydroxylation is 1. The summed E-state index contributed by atoms with van der Waals surface area (Å²) in [5, 5.41) is 18.9. The summed E-state index contributed by atoms with van der Waals surface area (Å²) in [6, 6.07) is 48.2. The molecule has 4 amide bonds. The van der Waals surface area contributed by atoms with E-state index in [4.69, 9.17) is 46.9 Å². The van der Waals surface area contributed by atoms with E-state index in [1.54, 1.807) is 109 Å². The number of sulfonamides is 2. The molecule has 29 nitrogen and oxygen atoms in total. The first-order chi connectivity index (χ1) is 61.3. The Morgan fingerprint density at radius 3 is 1.32 bits per heavy atom. The Labute approximate surface area is 768 Å². The minimum Gasteiger partial charge on any atom is -0.457 e. The highest BCUT2D eigenvalue weighted by molar-refractivity contribution is 7.93. The Morgan fingerprint density at radius 1 is 0.485 bits per heavy atom. The summed E-state index contributed by atoms with van der Waals surface area (Å²) in [5.74, 6) is 1.36. The van der Waals surface area contributed by atoms with Gasteiger partial charge in [0, 0.05) is 109 Å². The van der Waals surface area contributed by atoms with Gasteiger partial charge in [0.15, 0.2) is 19.7 Å². The number of amides is 4. The fourth-order valence-corrected chi connectivity index (χ4v) is 21.5. The molecule has 6 aliphatic heterocycles. The maximum atomic E-state index is 13.9. The molecule has 8 aromatic rings. The van der Waals surface area contributed by atoms with Gasteiger partial charge in [0.1, 0.15) is 74.3 Å². The number of rotatable bonds is 25. The predicted molar refractivity (Wildman–Crippen MR) is 485 cm³/mol. The first-order valence-electron chi connectivity index (χ1n) is 42.0. The van der Waals surface area contributed by atoms with Crippen molar-refractivity contribution in [3.63, 3.8) is 0 Å². The normalized spacial score (nSPS) is 20.1. The molecule has 14 rings (SSSR count). The second-order valence-corrected chi connectivity index (χ2v) is 40.6. The number of alkyl halides is 3. The van der Waals surface area contributed by atoms with Crippen LogP contribution in [0.2, 0.25) is 10.0 Å². The van der Waals surface area contributed by atoms with E-state index < -0.39 is 86.2 Å². The van der Waals surface area contributed by atoms with Crippen molar-refractivity contribution in [1.29, 1.82) is 0 Å². The molecular formula is C92H110Cl2F3N9O20S4. The SMILES string of the molecule is C.CC1CN(CC2=CC[C@@H](NS(=O)(=O)c3ccc(Oc4ccc(Cl)cc4)cc3)C(=O)N(C)C2)CC(C)O1.CCc1ccc(Oc2ccc(S(=O)(=O)C3CCCCN(O)C3=O)cc2)cc1.CN1CCN(CCN([C@@H]2CC=CCN(C)C2=O)S(=O)(=O)c2ccc(Oc3ccc(Cl)cc3)cc2)CC1.O=C1C(S(=O)(=O)c2ccc(Oc3ccc(OC(F)(F)F)cc3)cc2)CCCCN1O. The molecule has 0 radical (unpaired) electrons. The number of halogens is 5. The average Bonchev–Trinajstić information content (AvgIpc) is 0.899. The smallest absolute Gasteiger partial charge is 0.457 e. The molecule has 0 saturated carbocycles. The van der Waals surface area contributed by atoms with Gasteiger partial charge in [-0.05, 0) is 272 Å². The Hall–Kier alpha value is -10.0. The lowest BCUT2D eigenvalue weighted by molar-refractivity contribution is -0.274. The van der Waals surface area contributed by atoms with Crippen LogP contribution in [0.5, 0.6) is 51.7 Å². The van der Waals surface area contributed by atoms with Crippen molar-refractivity contribution in [3.8, 4) is 51.7 Å². The quantitative estimate of drug-likeness (QED) is 0.0353. The fourth-order valence-electron chi connectivity index (χ4n) is 15.0. The molecule has 3 N–H and O–H groups in total. The summed E-state index contributed by atoms with van der Waals surface area (Å²) in [6.45, 7) is 14.2. The largest absolute Gasteiger partial charge is 0.573 e. The minimum atomic E-state index is -4.80. The number of benzene rings is 8. The Morgan fingerprint density at radius 2 is 0.885 bits per heavy atom. The van der Waals surface area contributed by atoms with Crippen LogP contribution in [0.3, 0.4) is 0 Å². The molecule has 38 heteroatoms. The predicted octanol–water partition coefficient (Wildman–Crippen LogP) is 15.0. The molecule has 6 aliphatic rings. The monoisotopic (exact) mass is 1920 g/mol. The molecule has 0 aliphatic carbocycles. The number of nitrogens with one attached hydrogen (secondary N) is 1. The standard InChI is InChI=1S/C26H33ClN4O4S.C26H32ClN3O5S.C20H23NO5S.C19H18F3NO6S.CH4/c1-28-15-17-30(18-16-28)19-20-31(25-5-3-4-14-29(2)26(25)32)36(33,34)24-12-10-23(11-13-24)35-22-8-6-21(27)7-9-22;1-18-14-30(15-19(2)34-18)17-20-4-13-25(26(31)29(3)16-20)28-36(32,33)24-11-9-23(10-12-24)35-22-7-5-21(27)6-8-22;1-2-15-6-8-16(9-7-15)26-17-10-12-18(13-11-17)27(24,25)19-5-3-4-14-21(23)20(19)22;20-19(21,22)29-15-6-4-13(5-7-15)28-14-8-10-16(11-9-14)30(26,27)17-3-1-2-12-23(25)18(17)24;/h3-4,6-13,25H,5,14-20H2,1-2H3;4-12,18-19,25,28H,13-17H2,1-3H3;6-13,19,23H,2-5,14H2,1H3;4-11,17,25H,1-3,12H2;1H4/t25-;18?,19?,25-;;;/m11.../s1. The number of carbonyl (C=O) groups excluding carboxylic acids is 4. The van der Waals surface area contributed by atoms with Gasteiger partial charge in [0.25, 0.3) is 11.8 Å². The summed E-state index contributed by atoms with van der Waals surface area (Å²) in [6.07, 6.45) is 5.37. The van der Waals surface area contributed by atoms with E-state index in [1.165, 1.54) is 82.7 Å². The number of ether oxygens (including phenoxy) is 6. The van der Waals surface area contributed by atoms with E-state index in [-0.39, 0.29) is 95.0 Å². The van der Waals surface area contributed by atoms with Gasteiger partial charge in [-0.25, -0.2) is 43.8 Å². The summed E-state index contributed by atoms with van der Waals surface area (Å²) in [5.41, 5.74) is 2.30. The molecule has 0 spiro atoms. The zero-order valence-electron chi connectivity index (χ0n) is 72.1. The number of hydrogen-bond donors (Lipinski definition) is 3. The van der Waals surface area contributed by atoms with E-state index in [2.05, 4.69) is 52.0 Å². The van der Waals surface area contributed by atoms with Crippen molar-refractivity contribution in [2.24, 2.45) is 0 Å². The second kappa shape index (κ2) is 46.4. The van der Waals surface area contributed by atoms with Crippen molar-refractivity contribution >= 4 is 86.6 Å². The van der Waals surface area contributed by atoms with Gasteiger partial charge in [0.2, 0.25) is 31.9 Å². The summed E-state index contributed by atoms with van der Waals surface area (Å²) < 4.78 is 178. The molecule has 8 aromatic carbocycles. The zero-order chi connectivity index (χ0) is 93.0. The lowest BCUT2D eigenvalue weighted by Crippen LogP contribution is -2.53. The molecular weight excluding hydrogens is 1810 g/mol. The molecule has 6 heterocycles. The van der Waals surface area contributed by atoms with Crippen LogP contribution >= 0.6 is 23.2 Å². The number of sulfone groups is 2. The lowest BCUT2D eigenvalue weighted by Gasteiger charge is -2.36. The van der Waals surface area contributed by atoms with E-state index in [0.717, 1.165) is 69.9 Å². The number of hydrogen-bond acceptors (Lipinski definition) is 23. The minimum absolute atomic E-state index is 0. The van der Waals surface area contributed by atoms with Gasteiger partial charge in [-0.3, -0.25) is 39.4 Å². The highest BCUT2D eigenvalue weighted by atomic mass is 35.5. The highest BCUT2D eigenvalue weighted by Crippen LogP contribution is 2.35. The van der Waals surface area contributed by atoms with Crippen LogP contribution in [0.1, 0.15) is 85.1 Å². The number of piperazine rings is 1. The molecule has 130 heavy (non-hydrogen) atoms. The number of nitrogens with zero attached hydrogens (tertiary/aromatic N) is 8. The number of likely N-dealkylation sites (N-methyl/N-ethyl adjacent to an activating group) is 3. The molecule has 0 aromatic heterocycles. The maximum Gasteiger partial charge on any atom is 0.573 e. The van der Waals surface area contributed by atoms with Crippen LogP contribution in [0.15, 0.2) is 238 Å². The first kappa shape index (κ1) is 102. The molecule has 702 valence electrons. The van der Waals surface area contributed by atoms with Gasteiger partial charge >= 0.3 is 6.36 Å². The highest BCUT2D eigenvalue weighted by Gasteiger charge is 2.42. The van der Waals surface area contributed by atoms with Crippen LogP contribution in [0, 0.1) is 0 Å². The van der Waals surface area contributed by atoms with Gasteiger partial charge in [-0.1, -0.05) is 67.9 Å². The number of hydroxylamine groups is 4. The van der Waals surface area contributed by atoms with Gasteiger partial charge in [-0.15, -0.1) is 13.2 Å². The molecule has 6 atom stereocenters. The summed E-state index contributed by atoms with van der Waals surface area (Å²) in [4.78, 5) is 60.7. The van der Waals surface area contributed by atoms with E-state index in [9.17, 15) is 76.4 Å². The Kier molecular flexibility index (Phi) is 36.4. The molecule has 4 saturated heterocycles. The third-order valence-corrected chi connectivity index (χ3v) is 30.1. The fraction of sp³-hybridized carbons (Fsp3) is 0.391. The Balaban J connectivity index is 0.000000181. The van der Waals surface area contributed by atoms with Gasteiger partial charge in [0.05, 0.1) is 31.8 Å². The Bertz CT molecular complexity index is 5630. The summed E-state index contributed by atoms with van der Waals surface area (Å²) in [7, 11) is -10.2.